The zero-order valence-corrected chi connectivity index (χ0v) is 10.8. The molecule has 6 heteroatoms. The molecule has 0 unspecified atom stereocenters. The van der Waals surface area contributed by atoms with Gasteiger partial charge in [0.15, 0.2) is 0 Å². The van der Waals surface area contributed by atoms with Crippen molar-refractivity contribution in [1.82, 2.24) is 24.8 Å². The van der Waals surface area contributed by atoms with E-state index in [1.165, 1.54) is 0 Å². The molecule has 2 aromatic heterocycles. The van der Waals surface area contributed by atoms with Gasteiger partial charge in [0.05, 0.1) is 23.3 Å². The highest BCUT2D eigenvalue weighted by atomic mass is 15.5. The van der Waals surface area contributed by atoms with Gasteiger partial charge in [0, 0.05) is 18.7 Å². The van der Waals surface area contributed by atoms with Gasteiger partial charge in [0.2, 0.25) is 0 Å². The van der Waals surface area contributed by atoms with Gasteiger partial charge < -0.3 is 5.73 Å². The third-order valence-corrected chi connectivity index (χ3v) is 2.92. The molecule has 0 spiro atoms. The summed E-state index contributed by atoms with van der Waals surface area (Å²) in [6, 6.07) is 9.69. The van der Waals surface area contributed by atoms with E-state index in [2.05, 4.69) is 15.3 Å². The van der Waals surface area contributed by atoms with Crippen molar-refractivity contribution in [2.45, 2.75) is 6.92 Å². The van der Waals surface area contributed by atoms with Crippen LogP contribution < -0.4 is 5.73 Å². The van der Waals surface area contributed by atoms with Crippen molar-refractivity contribution < 1.29 is 0 Å². The first-order chi connectivity index (χ1) is 9.15. The van der Waals surface area contributed by atoms with Gasteiger partial charge in [0.1, 0.15) is 5.82 Å². The first-order valence-electron chi connectivity index (χ1n) is 5.93. The SMILES string of the molecule is Cc1cnn(-c2ccccc2-c2cc(N)n(C)n2)n1. The Balaban J connectivity index is 2.17. The minimum Gasteiger partial charge on any atom is -0.384 e. The summed E-state index contributed by atoms with van der Waals surface area (Å²) in [5.41, 5.74) is 9.35. The average molecular weight is 254 g/mol. The first-order valence-corrected chi connectivity index (χ1v) is 5.93. The van der Waals surface area contributed by atoms with E-state index < -0.39 is 0 Å². The normalized spacial score (nSPS) is 10.8. The molecule has 6 nitrogen and oxygen atoms in total. The summed E-state index contributed by atoms with van der Waals surface area (Å²) in [6.07, 6.45) is 1.73. The molecule has 0 saturated heterocycles. The molecule has 0 bridgehead atoms. The second-order valence-electron chi connectivity index (χ2n) is 4.37. The fourth-order valence-corrected chi connectivity index (χ4v) is 1.93. The summed E-state index contributed by atoms with van der Waals surface area (Å²) in [7, 11) is 1.82. The monoisotopic (exact) mass is 254 g/mol. The summed E-state index contributed by atoms with van der Waals surface area (Å²) in [5, 5.41) is 13.0. The maximum absolute atomic E-state index is 5.83. The molecule has 0 saturated carbocycles. The van der Waals surface area contributed by atoms with Crippen LogP contribution in [-0.2, 0) is 7.05 Å². The smallest absolute Gasteiger partial charge is 0.121 e. The molecule has 0 fully saturated rings. The standard InChI is InChI=1S/C13H14N6/c1-9-8-15-19(16-9)12-6-4-3-5-10(12)11-7-13(14)18(2)17-11/h3-8H,14H2,1-2H3. The second kappa shape index (κ2) is 4.24. The Kier molecular flexibility index (Phi) is 2.56. The summed E-state index contributed by atoms with van der Waals surface area (Å²) in [6.45, 7) is 1.91. The first kappa shape index (κ1) is 11.5. The lowest BCUT2D eigenvalue weighted by atomic mass is 10.1. The molecule has 2 heterocycles. The van der Waals surface area contributed by atoms with Gasteiger partial charge in [-0.05, 0) is 13.0 Å². The topological polar surface area (TPSA) is 74.6 Å². The average Bonchev–Trinajstić information content (AvgIpc) is 2.97. The van der Waals surface area contributed by atoms with E-state index in [9.17, 15) is 0 Å². The van der Waals surface area contributed by atoms with Gasteiger partial charge in [0.25, 0.3) is 0 Å². The summed E-state index contributed by atoms with van der Waals surface area (Å²) < 4.78 is 1.65. The van der Waals surface area contributed by atoms with Gasteiger partial charge in [-0.1, -0.05) is 18.2 Å². The molecular formula is C13H14N6. The highest BCUT2D eigenvalue weighted by Gasteiger charge is 2.12. The van der Waals surface area contributed by atoms with E-state index >= 15 is 0 Å². The van der Waals surface area contributed by atoms with Crippen molar-refractivity contribution in [3.8, 4) is 16.9 Å². The number of benzene rings is 1. The van der Waals surface area contributed by atoms with E-state index in [1.807, 2.05) is 44.3 Å². The van der Waals surface area contributed by atoms with Crippen molar-refractivity contribution in [3.05, 3.63) is 42.2 Å². The fourth-order valence-electron chi connectivity index (χ4n) is 1.93. The molecule has 1 aromatic carbocycles. The van der Waals surface area contributed by atoms with Crippen LogP contribution in [0.25, 0.3) is 16.9 Å². The van der Waals surface area contributed by atoms with Gasteiger partial charge in [-0.3, -0.25) is 4.68 Å². The molecule has 2 N–H and O–H groups in total. The van der Waals surface area contributed by atoms with Gasteiger partial charge in [-0.15, -0.1) is 0 Å². The van der Waals surface area contributed by atoms with E-state index in [0.29, 0.717) is 5.82 Å². The fraction of sp³-hybridized carbons (Fsp3) is 0.154. The molecule has 0 aliphatic heterocycles. The second-order valence-corrected chi connectivity index (χ2v) is 4.37. The maximum Gasteiger partial charge on any atom is 0.121 e. The lowest BCUT2D eigenvalue weighted by molar-refractivity contribution is 0.744. The molecule has 19 heavy (non-hydrogen) atoms. The highest BCUT2D eigenvalue weighted by molar-refractivity contribution is 5.71. The summed E-state index contributed by atoms with van der Waals surface area (Å²) in [4.78, 5) is 1.61. The van der Waals surface area contributed by atoms with E-state index in [4.69, 9.17) is 5.73 Å². The molecule has 0 aliphatic carbocycles. The molecular weight excluding hydrogens is 240 g/mol. The largest absolute Gasteiger partial charge is 0.384 e. The van der Waals surface area contributed by atoms with Crippen LogP contribution in [0, 0.1) is 6.92 Å². The molecule has 0 amide bonds. The predicted octanol–water partition coefficient (Wildman–Crippen LogP) is 1.56. The summed E-state index contributed by atoms with van der Waals surface area (Å²) >= 11 is 0. The molecule has 0 radical (unpaired) electrons. The number of hydrogen-bond donors (Lipinski definition) is 1. The Morgan fingerprint density at radius 3 is 2.58 bits per heavy atom. The number of rotatable bonds is 2. The third kappa shape index (κ3) is 1.97. The molecule has 3 rings (SSSR count). The van der Waals surface area contributed by atoms with Crippen LogP contribution in [0.2, 0.25) is 0 Å². The van der Waals surface area contributed by atoms with Crippen LogP contribution in [0.15, 0.2) is 36.5 Å². The van der Waals surface area contributed by atoms with Crippen LogP contribution in [0.4, 0.5) is 5.82 Å². The van der Waals surface area contributed by atoms with Crippen molar-refractivity contribution in [1.29, 1.82) is 0 Å². The minimum absolute atomic E-state index is 0.620. The molecule has 96 valence electrons. The zero-order valence-electron chi connectivity index (χ0n) is 10.8. The maximum atomic E-state index is 5.83. The lowest BCUT2D eigenvalue weighted by Crippen LogP contribution is -2.01. The Labute approximate surface area is 110 Å². The van der Waals surface area contributed by atoms with Crippen LogP contribution in [-0.4, -0.2) is 24.8 Å². The number of aryl methyl sites for hydroxylation is 2. The van der Waals surface area contributed by atoms with Crippen LogP contribution >= 0.6 is 0 Å². The van der Waals surface area contributed by atoms with E-state index in [-0.39, 0.29) is 0 Å². The number of anilines is 1. The van der Waals surface area contributed by atoms with Crippen LogP contribution in [0.5, 0.6) is 0 Å². The Bertz CT molecular complexity index is 705. The zero-order chi connectivity index (χ0) is 13.4. The van der Waals surface area contributed by atoms with E-state index in [0.717, 1.165) is 22.6 Å². The quantitative estimate of drug-likeness (QED) is 0.753. The molecule has 0 aliphatic rings. The van der Waals surface area contributed by atoms with E-state index in [1.54, 1.807) is 15.7 Å². The third-order valence-electron chi connectivity index (χ3n) is 2.92. The van der Waals surface area contributed by atoms with Crippen molar-refractivity contribution >= 4 is 5.82 Å². The van der Waals surface area contributed by atoms with Crippen LogP contribution in [0.1, 0.15) is 5.69 Å². The number of para-hydroxylation sites is 1. The van der Waals surface area contributed by atoms with Gasteiger partial charge >= 0.3 is 0 Å². The highest BCUT2D eigenvalue weighted by Crippen LogP contribution is 2.25. The number of nitrogens with two attached hydrogens (primary N) is 1. The van der Waals surface area contributed by atoms with Crippen molar-refractivity contribution in [2.75, 3.05) is 5.73 Å². The van der Waals surface area contributed by atoms with Crippen molar-refractivity contribution in [2.24, 2.45) is 7.05 Å². The number of nitrogens with zero attached hydrogens (tertiary/aromatic N) is 5. The Morgan fingerprint density at radius 2 is 1.95 bits per heavy atom. The lowest BCUT2D eigenvalue weighted by Gasteiger charge is -2.05. The Hall–Kier alpha value is -2.63. The molecule has 3 aromatic rings. The minimum atomic E-state index is 0.620. The van der Waals surface area contributed by atoms with Crippen LogP contribution in [0.3, 0.4) is 0 Å². The number of aromatic nitrogens is 5. The Morgan fingerprint density at radius 1 is 1.16 bits per heavy atom. The number of nitrogen functional groups attached to an aromatic ring is 1. The van der Waals surface area contributed by atoms with Gasteiger partial charge in [-0.25, -0.2) is 0 Å². The number of hydrogen-bond acceptors (Lipinski definition) is 4. The predicted molar refractivity (Wildman–Crippen MR) is 72.7 cm³/mol. The summed E-state index contributed by atoms with van der Waals surface area (Å²) in [5.74, 6) is 0.620. The molecule has 0 atom stereocenters. The van der Waals surface area contributed by atoms with Crippen molar-refractivity contribution in [3.63, 3.8) is 0 Å². The van der Waals surface area contributed by atoms with Gasteiger partial charge in [-0.2, -0.15) is 20.1 Å².